The number of rotatable bonds is 4. The number of halogens is 1. The fourth-order valence-corrected chi connectivity index (χ4v) is 2.12. The Kier molecular flexibility index (Phi) is 4.47. The molecule has 106 valence electrons. The van der Waals surface area contributed by atoms with E-state index >= 15 is 0 Å². The topological polar surface area (TPSA) is 69.6 Å². The lowest BCUT2D eigenvalue weighted by molar-refractivity contribution is -0.131. The summed E-state index contributed by atoms with van der Waals surface area (Å²) in [5, 5.41) is 11.3. The van der Waals surface area contributed by atoms with Crippen molar-refractivity contribution in [3.63, 3.8) is 0 Å². The van der Waals surface area contributed by atoms with Crippen molar-refractivity contribution in [1.82, 2.24) is 10.2 Å². The van der Waals surface area contributed by atoms with Crippen LogP contribution in [0, 0.1) is 5.82 Å². The predicted molar refractivity (Wildman–Crippen MR) is 71.4 cm³/mol. The SMILES string of the molecule is O=C(O)C=Cc1cc(F)cc(CN2CCNC(=O)C2)c1. The maximum absolute atomic E-state index is 13.5. The van der Waals surface area contributed by atoms with E-state index in [9.17, 15) is 14.0 Å². The molecule has 1 saturated heterocycles. The van der Waals surface area contributed by atoms with E-state index in [1.54, 1.807) is 6.07 Å². The molecule has 0 atom stereocenters. The van der Waals surface area contributed by atoms with Gasteiger partial charge in [0.15, 0.2) is 0 Å². The molecule has 1 aliphatic heterocycles. The van der Waals surface area contributed by atoms with Crippen LogP contribution in [0.1, 0.15) is 11.1 Å². The third-order valence-electron chi connectivity index (χ3n) is 2.92. The molecule has 0 aliphatic carbocycles. The number of carboxylic acid groups (broad SMARTS) is 1. The monoisotopic (exact) mass is 278 g/mol. The Morgan fingerprint density at radius 3 is 2.95 bits per heavy atom. The fourth-order valence-electron chi connectivity index (χ4n) is 2.12. The third-order valence-corrected chi connectivity index (χ3v) is 2.92. The molecule has 1 aromatic rings. The number of amides is 1. The van der Waals surface area contributed by atoms with E-state index in [4.69, 9.17) is 5.11 Å². The molecule has 0 saturated carbocycles. The molecule has 0 radical (unpaired) electrons. The summed E-state index contributed by atoms with van der Waals surface area (Å²) in [4.78, 5) is 23.6. The Morgan fingerprint density at radius 2 is 2.25 bits per heavy atom. The summed E-state index contributed by atoms with van der Waals surface area (Å²) >= 11 is 0. The predicted octanol–water partition coefficient (Wildman–Crippen LogP) is 0.855. The highest BCUT2D eigenvalue weighted by Gasteiger charge is 2.16. The van der Waals surface area contributed by atoms with Crippen LogP contribution in [0.4, 0.5) is 4.39 Å². The van der Waals surface area contributed by atoms with Crippen LogP contribution in [0.25, 0.3) is 6.08 Å². The minimum atomic E-state index is -1.08. The van der Waals surface area contributed by atoms with Crippen molar-refractivity contribution in [2.75, 3.05) is 19.6 Å². The highest BCUT2D eigenvalue weighted by Crippen LogP contribution is 2.13. The van der Waals surface area contributed by atoms with Gasteiger partial charge in [0.2, 0.25) is 5.91 Å². The molecule has 20 heavy (non-hydrogen) atoms. The van der Waals surface area contributed by atoms with Crippen LogP contribution in [0.15, 0.2) is 24.3 Å². The Balaban J connectivity index is 2.11. The molecule has 1 heterocycles. The maximum atomic E-state index is 13.5. The number of carboxylic acids is 1. The summed E-state index contributed by atoms with van der Waals surface area (Å²) in [6.45, 7) is 2.04. The van der Waals surface area contributed by atoms with Gasteiger partial charge in [-0.25, -0.2) is 9.18 Å². The van der Waals surface area contributed by atoms with Crippen LogP contribution in [-0.4, -0.2) is 41.5 Å². The standard InChI is InChI=1S/C14H15FN2O3/c15-12-6-10(1-2-14(19)20)5-11(7-12)8-17-4-3-16-13(18)9-17/h1-2,5-7H,3-4,8-9H2,(H,16,18)(H,19,20). The van der Waals surface area contributed by atoms with Gasteiger partial charge in [0.25, 0.3) is 0 Å². The molecular weight excluding hydrogens is 263 g/mol. The van der Waals surface area contributed by atoms with Crippen molar-refractivity contribution in [2.45, 2.75) is 6.54 Å². The second kappa shape index (κ2) is 6.29. The number of benzene rings is 1. The van der Waals surface area contributed by atoms with Gasteiger partial charge < -0.3 is 10.4 Å². The minimum Gasteiger partial charge on any atom is -0.478 e. The molecule has 2 N–H and O–H groups in total. The maximum Gasteiger partial charge on any atom is 0.328 e. The number of aliphatic carboxylic acids is 1. The zero-order chi connectivity index (χ0) is 14.5. The van der Waals surface area contributed by atoms with Crippen LogP contribution in [-0.2, 0) is 16.1 Å². The van der Waals surface area contributed by atoms with Crippen LogP contribution < -0.4 is 5.32 Å². The summed E-state index contributed by atoms with van der Waals surface area (Å²) in [5.41, 5.74) is 1.20. The molecule has 2 rings (SSSR count). The Labute approximate surface area is 115 Å². The summed E-state index contributed by atoms with van der Waals surface area (Å²) < 4.78 is 13.5. The lowest BCUT2D eigenvalue weighted by Gasteiger charge is -2.26. The Hall–Kier alpha value is -2.21. The molecule has 1 aromatic carbocycles. The van der Waals surface area contributed by atoms with E-state index in [2.05, 4.69) is 5.32 Å². The number of hydrogen-bond acceptors (Lipinski definition) is 3. The molecule has 1 aliphatic rings. The normalized spacial score (nSPS) is 16.4. The average molecular weight is 278 g/mol. The first kappa shape index (κ1) is 14.2. The first-order valence-electron chi connectivity index (χ1n) is 6.22. The van der Waals surface area contributed by atoms with Gasteiger partial charge in [0.1, 0.15) is 5.82 Å². The highest BCUT2D eigenvalue weighted by molar-refractivity contribution is 5.85. The van der Waals surface area contributed by atoms with E-state index in [0.29, 0.717) is 30.8 Å². The number of nitrogens with zero attached hydrogens (tertiary/aromatic N) is 1. The fraction of sp³-hybridized carbons (Fsp3) is 0.286. The van der Waals surface area contributed by atoms with Crippen molar-refractivity contribution >= 4 is 18.0 Å². The molecule has 6 heteroatoms. The molecule has 0 aromatic heterocycles. The van der Waals surface area contributed by atoms with Gasteiger partial charge in [-0.15, -0.1) is 0 Å². The summed E-state index contributed by atoms with van der Waals surface area (Å²) in [7, 11) is 0. The lowest BCUT2D eigenvalue weighted by Crippen LogP contribution is -2.47. The molecule has 1 fully saturated rings. The van der Waals surface area contributed by atoms with Crippen molar-refractivity contribution in [3.8, 4) is 0 Å². The Bertz CT molecular complexity index is 557. The van der Waals surface area contributed by atoms with E-state index in [1.807, 2.05) is 4.90 Å². The number of nitrogens with one attached hydrogen (secondary N) is 1. The number of piperazine rings is 1. The zero-order valence-corrected chi connectivity index (χ0v) is 10.8. The summed E-state index contributed by atoms with van der Waals surface area (Å²) in [6.07, 6.45) is 2.31. The number of carbonyl (C=O) groups is 2. The van der Waals surface area contributed by atoms with Crippen molar-refractivity contribution in [2.24, 2.45) is 0 Å². The van der Waals surface area contributed by atoms with Gasteiger partial charge in [-0.1, -0.05) is 6.07 Å². The first-order valence-corrected chi connectivity index (χ1v) is 6.22. The van der Waals surface area contributed by atoms with Crippen molar-refractivity contribution < 1.29 is 19.1 Å². The molecule has 0 unspecified atom stereocenters. The zero-order valence-electron chi connectivity index (χ0n) is 10.8. The van der Waals surface area contributed by atoms with Gasteiger partial charge in [-0.3, -0.25) is 9.69 Å². The van der Waals surface area contributed by atoms with Gasteiger partial charge in [0, 0.05) is 25.7 Å². The second-order valence-electron chi connectivity index (χ2n) is 4.62. The lowest BCUT2D eigenvalue weighted by atomic mass is 10.1. The van der Waals surface area contributed by atoms with E-state index in [0.717, 1.165) is 6.08 Å². The highest BCUT2D eigenvalue weighted by atomic mass is 19.1. The van der Waals surface area contributed by atoms with Gasteiger partial charge in [-0.2, -0.15) is 0 Å². The van der Waals surface area contributed by atoms with Crippen LogP contribution in [0.5, 0.6) is 0 Å². The molecule has 1 amide bonds. The van der Waals surface area contributed by atoms with E-state index < -0.39 is 11.8 Å². The average Bonchev–Trinajstić information content (AvgIpc) is 2.35. The van der Waals surface area contributed by atoms with Gasteiger partial charge in [-0.05, 0) is 29.3 Å². The van der Waals surface area contributed by atoms with Gasteiger partial charge >= 0.3 is 5.97 Å². The molecule has 0 bridgehead atoms. The first-order chi connectivity index (χ1) is 9.52. The summed E-state index contributed by atoms with van der Waals surface area (Å²) in [6, 6.07) is 4.38. The second-order valence-corrected chi connectivity index (χ2v) is 4.62. The van der Waals surface area contributed by atoms with E-state index in [1.165, 1.54) is 18.2 Å². The smallest absolute Gasteiger partial charge is 0.328 e. The Morgan fingerprint density at radius 1 is 1.45 bits per heavy atom. The number of carbonyl (C=O) groups excluding carboxylic acids is 1. The van der Waals surface area contributed by atoms with Crippen LogP contribution in [0.3, 0.4) is 0 Å². The minimum absolute atomic E-state index is 0.0429. The molecule has 0 spiro atoms. The quantitative estimate of drug-likeness (QED) is 0.801. The number of hydrogen-bond donors (Lipinski definition) is 2. The largest absolute Gasteiger partial charge is 0.478 e. The van der Waals surface area contributed by atoms with Crippen LogP contribution >= 0.6 is 0 Å². The molecular formula is C14H15FN2O3. The third kappa shape index (κ3) is 4.17. The van der Waals surface area contributed by atoms with Crippen LogP contribution in [0.2, 0.25) is 0 Å². The van der Waals surface area contributed by atoms with Crippen molar-refractivity contribution in [1.29, 1.82) is 0 Å². The van der Waals surface area contributed by atoms with Gasteiger partial charge in [0.05, 0.1) is 6.54 Å². The molecule has 5 nitrogen and oxygen atoms in total. The summed E-state index contributed by atoms with van der Waals surface area (Å²) in [5.74, 6) is -1.55. The van der Waals surface area contributed by atoms with Crippen molar-refractivity contribution in [3.05, 3.63) is 41.2 Å². The van der Waals surface area contributed by atoms with E-state index in [-0.39, 0.29) is 12.5 Å².